The minimum Gasteiger partial charge on any atom is -0.347 e. The van der Waals surface area contributed by atoms with Gasteiger partial charge in [-0.15, -0.1) is 11.3 Å². The van der Waals surface area contributed by atoms with Gasteiger partial charge in [0, 0.05) is 30.4 Å². The van der Waals surface area contributed by atoms with Crippen LogP contribution in [0, 0.1) is 6.92 Å². The molecule has 4 nitrogen and oxygen atoms in total. The molecule has 1 rings (SSSR count). The van der Waals surface area contributed by atoms with E-state index < -0.39 is 0 Å². The van der Waals surface area contributed by atoms with Crippen LogP contribution in [-0.4, -0.2) is 35.9 Å². The molecule has 1 N–H and O–H groups in total. The Morgan fingerprint density at radius 1 is 1.30 bits per heavy atom. The smallest absolute Gasteiger partial charge is 0.238 e. The Hall–Kier alpha value is -0.940. The van der Waals surface area contributed by atoms with Crippen molar-refractivity contribution in [3.63, 3.8) is 0 Å². The number of rotatable bonds is 4. The first-order chi connectivity index (χ1) is 9.04. The Morgan fingerprint density at radius 3 is 2.25 bits per heavy atom. The van der Waals surface area contributed by atoms with Gasteiger partial charge in [0.05, 0.1) is 16.7 Å². The fourth-order valence-electron chi connectivity index (χ4n) is 2.04. The Bertz CT molecular complexity index is 474. The molecule has 5 heteroatoms. The first kappa shape index (κ1) is 17.1. The highest BCUT2D eigenvalue weighted by atomic mass is 32.1. The van der Waals surface area contributed by atoms with Crippen molar-refractivity contribution in [2.24, 2.45) is 0 Å². The molecule has 0 saturated heterocycles. The molecule has 1 aromatic rings. The molecule has 1 heterocycles. The van der Waals surface area contributed by atoms with E-state index in [4.69, 9.17) is 0 Å². The average Bonchev–Trinajstić information content (AvgIpc) is 2.69. The molecule has 0 bridgehead atoms. The highest BCUT2D eigenvalue weighted by Gasteiger charge is 2.24. The predicted octanol–water partition coefficient (Wildman–Crippen LogP) is 2.88. The molecule has 0 aliphatic carbocycles. The van der Waals surface area contributed by atoms with Crippen LogP contribution in [0.4, 0.5) is 0 Å². The van der Waals surface area contributed by atoms with Crippen molar-refractivity contribution >= 4 is 17.2 Å². The summed E-state index contributed by atoms with van der Waals surface area (Å²) in [6.07, 6.45) is 0. The van der Waals surface area contributed by atoms with Crippen molar-refractivity contribution in [2.45, 2.75) is 59.0 Å². The van der Waals surface area contributed by atoms with Crippen LogP contribution in [0.1, 0.15) is 56.2 Å². The molecule has 0 aromatic carbocycles. The van der Waals surface area contributed by atoms with Gasteiger partial charge in [-0.25, -0.2) is 4.98 Å². The highest BCUT2D eigenvalue weighted by Crippen LogP contribution is 2.32. The van der Waals surface area contributed by atoms with Crippen molar-refractivity contribution in [1.29, 1.82) is 0 Å². The maximum atomic E-state index is 11.9. The Morgan fingerprint density at radius 2 is 1.85 bits per heavy atom. The Kier molecular flexibility index (Phi) is 5.33. The molecule has 1 aromatic heterocycles. The van der Waals surface area contributed by atoms with E-state index >= 15 is 0 Å². The van der Waals surface area contributed by atoms with E-state index in [-0.39, 0.29) is 23.4 Å². The second-order valence-corrected chi connectivity index (χ2v) is 7.59. The molecule has 0 saturated carbocycles. The lowest BCUT2D eigenvalue weighted by Crippen LogP contribution is -2.42. The summed E-state index contributed by atoms with van der Waals surface area (Å²) in [4.78, 5) is 19.4. The van der Waals surface area contributed by atoms with Crippen LogP contribution in [0.2, 0.25) is 0 Å². The van der Waals surface area contributed by atoms with Crippen LogP contribution >= 0.6 is 11.3 Å². The largest absolute Gasteiger partial charge is 0.347 e. The van der Waals surface area contributed by atoms with Gasteiger partial charge in [0.25, 0.3) is 0 Å². The summed E-state index contributed by atoms with van der Waals surface area (Å²) >= 11 is 1.74. The van der Waals surface area contributed by atoms with E-state index in [0.29, 0.717) is 0 Å². The quantitative estimate of drug-likeness (QED) is 0.929. The highest BCUT2D eigenvalue weighted by molar-refractivity contribution is 7.12. The fourth-order valence-corrected chi connectivity index (χ4v) is 3.18. The van der Waals surface area contributed by atoms with Crippen LogP contribution in [0.5, 0.6) is 0 Å². The molecule has 1 amide bonds. The van der Waals surface area contributed by atoms with E-state index in [9.17, 15) is 4.79 Å². The lowest BCUT2D eigenvalue weighted by atomic mass is 9.98. The van der Waals surface area contributed by atoms with Gasteiger partial charge in [0.15, 0.2) is 0 Å². The minimum atomic E-state index is -0.195. The van der Waals surface area contributed by atoms with Gasteiger partial charge in [-0.2, -0.15) is 0 Å². The van der Waals surface area contributed by atoms with Crippen LogP contribution < -0.4 is 5.32 Å². The molecule has 20 heavy (non-hydrogen) atoms. The summed E-state index contributed by atoms with van der Waals surface area (Å²) in [5, 5.41) is 4.51. The topological polar surface area (TPSA) is 45.2 Å². The summed E-state index contributed by atoms with van der Waals surface area (Å²) in [7, 11) is 3.56. The van der Waals surface area contributed by atoms with Crippen molar-refractivity contribution in [1.82, 2.24) is 15.2 Å². The number of aromatic nitrogens is 1. The zero-order chi connectivity index (χ0) is 15.7. The lowest BCUT2D eigenvalue weighted by Gasteiger charge is -2.22. The van der Waals surface area contributed by atoms with Crippen LogP contribution in [0.25, 0.3) is 0 Å². The van der Waals surface area contributed by atoms with Gasteiger partial charge in [0.2, 0.25) is 5.91 Å². The van der Waals surface area contributed by atoms with Gasteiger partial charge in [-0.3, -0.25) is 10.1 Å². The van der Waals surface area contributed by atoms with Crippen molar-refractivity contribution in [3.8, 4) is 0 Å². The van der Waals surface area contributed by atoms with E-state index in [2.05, 4.69) is 38.0 Å². The van der Waals surface area contributed by atoms with Gasteiger partial charge < -0.3 is 4.90 Å². The summed E-state index contributed by atoms with van der Waals surface area (Å²) in [5.41, 5.74) is 1.13. The van der Waals surface area contributed by atoms with E-state index in [0.717, 1.165) is 10.7 Å². The number of hydrogen-bond donors (Lipinski definition) is 1. The normalized spacial score (nSPS) is 15.0. The van der Waals surface area contributed by atoms with Gasteiger partial charge >= 0.3 is 0 Å². The number of aryl methyl sites for hydroxylation is 1. The maximum Gasteiger partial charge on any atom is 0.238 e. The van der Waals surface area contributed by atoms with Gasteiger partial charge in [-0.1, -0.05) is 20.8 Å². The fraction of sp³-hybridized carbons (Fsp3) is 0.733. The monoisotopic (exact) mass is 297 g/mol. The molecule has 0 aliphatic heterocycles. The number of carbonyl (C=O) groups is 1. The molecule has 114 valence electrons. The molecule has 0 radical (unpaired) electrons. The number of likely N-dealkylation sites (N-methyl/N-ethyl adjacent to an activating group) is 1. The number of nitrogens with zero attached hydrogens (tertiary/aromatic N) is 2. The lowest BCUT2D eigenvalue weighted by molar-refractivity contribution is -0.130. The van der Waals surface area contributed by atoms with E-state index in [1.165, 1.54) is 4.88 Å². The van der Waals surface area contributed by atoms with Gasteiger partial charge in [-0.05, 0) is 20.8 Å². The van der Waals surface area contributed by atoms with Crippen LogP contribution in [-0.2, 0) is 10.2 Å². The first-order valence-electron chi connectivity index (χ1n) is 6.99. The third-order valence-corrected chi connectivity index (χ3v) is 4.94. The number of nitrogens with one attached hydrogen (secondary N) is 1. The molecule has 0 spiro atoms. The minimum absolute atomic E-state index is 0.0679. The number of amides is 1. The molecular weight excluding hydrogens is 270 g/mol. The van der Waals surface area contributed by atoms with Gasteiger partial charge in [0.1, 0.15) is 0 Å². The van der Waals surface area contributed by atoms with Crippen molar-refractivity contribution < 1.29 is 4.79 Å². The summed E-state index contributed by atoms with van der Waals surface area (Å²) in [6.45, 7) is 12.5. The Labute approximate surface area is 126 Å². The number of carbonyl (C=O) groups excluding carboxylic acids is 1. The summed E-state index contributed by atoms with van der Waals surface area (Å²) in [6, 6.07) is -0.0675. The second kappa shape index (κ2) is 6.22. The predicted molar refractivity (Wildman–Crippen MR) is 85.3 cm³/mol. The third kappa shape index (κ3) is 4.03. The Balaban J connectivity index is 2.85. The maximum absolute atomic E-state index is 11.9. The van der Waals surface area contributed by atoms with Crippen molar-refractivity contribution in [2.75, 3.05) is 14.1 Å². The summed E-state index contributed by atoms with van der Waals surface area (Å²) < 4.78 is 0. The molecule has 2 unspecified atom stereocenters. The molecule has 0 fully saturated rings. The van der Waals surface area contributed by atoms with E-state index in [1.807, 2.05) is 13.8 Å². The average molecular weight is 297 g/mol. The zero-order valence-corrected chi connectivity index (χ0v) is 14.7. The summed E-state index contributed by atoms with van der Waals surface area (Å²) in [5.74, 6) is 0.0927. The molecular formula is C15H27N3OS. The molecule has 2 atom stereocenters. The number of hydrogen-bond acceptors (Lipinski definition) is 4. The number of thiazole rings is 1. The standard InChI is InChI=1S/C15H27N3OS/c1-9(16-11(3)13(19)18(7)8)12-10(2)17-14(20-12)15(4,5)6/h9,11,16H,1-8H3. The van der Waals surface area contributed by atoms with Crippen LogP contribution in [0.15, 0.2) is 0 Å². The van der Waals surface area contributed by atoms with Crippen LogP contribution in [0.3, 0.4) is 0 Å². The zero-order valence-electron chi connectivity index (χ0n) is 13.9. The van der Waals surface area contributed by atoms with E-state index in [1.54, 1.807) is 30.3 Å². The second-order valence-electron chi connectivity index (χ2n) is 6.56. The third-order valence-electron chi connectivity index (χ3n) is 3.18. The first-order valence-corrected chi connectivity index (χ1v) is 7.80. The van der Waals surface area contributed by atoms with Crippen molar-refractivity contribution in [3.05, 3.63) is 15.6 Å². The SMILES string of the molecule is Cc1nc(C(C)(C)C)sc1C(C)NC(C)C(=O)N(C)C. The molecule has 0 aliphatic rings.